The second-order valence-corrected chi connectivity index (χ2v) is 4.40. The summed E-state index contributed by atoms with van der Waals surface area (Å²) in [5.41, 5.74) is 0.163. The largest absolute Gasteiger partial charge is 0.481 e. The fourth-order valence-electron chi connectivity index (χ4n) is 1.87. The molecule has 1 atom stereocenters. The number of nitro groups is 1. The number of carboxylic acid groups (broad SMARTS) is 1. The van der Waals surface area contributed by atoms with Crippen molar-refractivity contribution in [2.24, 2.45) is 0 Å². The van der Waals surface area contributed by atoms with Crippen molar-refractivity contribution in [1.82, 2.24) is 5.32 Å². The van der Waals surface area contributed by atoms with Gasteiger partial charge in [0.2, 0.25) is 0 Å². The number of nitro benzene ring substituents is 1. The molecule has 1 amide bonds. The second kappa shape index (κ2) is 6.65. The van der Waals surface area contributed by atoms with Crippen LogP contribution in [0.5, 0.6) is 0 Å². The molecule has 0 spiro atoms. The molecular formula is C13H16N2O5. The molecule has 0 aliphatic rings. The van der Waals surface area contributed by atoms with Gasteiger partial charge in [0, 0.05) is 12.1 Å². The molecule has 0 bridgehead atoms. The van der Waals surface area contributed by atoms with E-state index < -0.39 is 22.8 Å². The van der Waals surface area contributed by atoms with E-state index in [1.54, 1.807) is 19.9 Å². The number of hydrogen-bond acceptors (Lipinski definition) is 4. The standard InChI is InChI=1S/C13H16N2O5/c1-3-9(7-11(16)17)14-13(18)12-8(2)5-4-6-10(12)15(19)20/h4-6,9H,3,7H2,1-2H3,(H,14,18)(H,16,17). The molecule has 0 saturated carbocycles. The summed E-state index contributed by atoms with van der Waals surface area (Å²) in [6.07, 6.45) is 0.208. The van der Waals surface area contributed by atoms with E-state index in [1.165, 1.54) is 12.1 Å². The van der Waals surface area contributed by atoms with Gasteiger partial charge in [0.25, 0.3) is 11.6 Å². The van der Waals surface area contributed by atoms with Gasteiger partial charge in [0.05, 0.1) is 11.3 Å². The van der Waals surface area contributed by atoms with Crippen molar-refractivity contribution in [3.63, 3.8) is 0 Å². The molecule has 20 heavy (non-hydrogen) atoms. The van der Waals surface area contributed by atoms with Crippen molar-refractivity contribution in [3.8, 4) is 0 Å². The van der Waals surface area contributed by atoms with E-state index in [-0.39, 0.29) is 17.7 Å². The molecular weight excluding hydrogens is 264 g/mol. The fraction of sp³-hybridized carbons (Fsp3) is 0.385. The number of amides is 1. The van der Waals surface area contributed by atoms with Gasteiger partial charge in [-0.2, -0.15) is 0 Å². The van der Waals surface area contributed by atoms with Crippen molar-refractivity contribution in [1.29, 1.82) is 0 Å². The molecule has 0 radical (unpaired) electrons. The summed E-state index contributed by atoms with van der Waals surface area (Å²) < 4.78 is 0. The average Bonchev–Trinajstić information content (AvgIpc) is 2.36. The van der Waals surface area contributed by atoms with Gasteiger partial charge < -0.3 is 10.4 Å². The van der Waals surface area contributed by atoms with E-state index >= 15 is 0 Å². The third-order valence-corrected chi connectivity index (χ3v) is 2.92. The maximum Gasteiger partial charge on any atom is 0.305 e. The van der Waals surface area contributed by atoms with E-state index in [0.717, 1.165) is 0 Å². The highest BCUT2D eigenvalue weighted by Crippen LogP contribution is 2.22. The third kappa shape index (κ3) is 3.78. The summed E-state index contributed by atoms with van der Waals surface area (Å²) in [6.45, 7) is 3.33. The first-order valence-corrected chi connectivity index (χ1v) is 6.13. The van der Waals surface area contributed by atoms with E-state index in [4.69, 9.17) is 5.11 Å². The monoisotopic (exact) mass is 280 g/mol. The molecule has 0 heterocycles. The molecule has 0 saturated heterocycles. The van der Waals surface area contributed by atoms with Crippen LogP contribution >= 0.6 is 0 Å². The number of nitrogens with zero attached hydrogens (tertiary/aromatic N) is 1. The lowest BCUT2D eigenvalue weighted by Gasteiger charge is -2.15. The van der Waals surface area contributed by atoms with Crippen LogP contribution in [0.1, 0.15) is 35.7 Å². The SMILES string of the molecule is CCC(CC(=O)O)NC(=O)c1c(C)cccc1[N+](=O)[O-]. The summed E-state index contributed by atoms with van der Waals surface area (Å²) in [5.74, 6) is -1.65. The number of aryl methyl sites for hydroxylation is 1. The summed E-state index contributed by atoms with van der Waals surface area (Å²) in [5, 5.41) is 22.2. The van der Waals surface area contributed by atoms with Gasteiger partial charge in [-0.3, -0.25) is 19.7 Å². The number of carbonyl (C=O) groups is 2. The van der Waals surface area contributed by atoms with Crippen LogP contribution < -0.4 is 5.32 Å². The van der Waals surface area contributed by atoms with Crippen LogP contribution in [0.2, 0.25) is 0 Å². The van der Waals surface area contributed by atoms with E-state index in [1.807, 2.05) is 0 Å². The van der Waals surface area contributed by atoms with Gasteiger partial charge in [-0.1, -0.05) is 19.1 Å². The maximum absolute atomic E-state index is 12.1. The average molecular weight is 280 g/mol. The van der Waals surface area contributed by atoms with Crippen molar-refractivity contribution in [2.75, 3.05) is 0 Å². The summed E-state index contributed by atoms with van der Waals surface area (Å²) >= 11 is 0. The van der Waals surface area contributed by atoms with Crippen LogP contribution in [-0.4, -0.2) is 27.9 Å². The molecule has 1 aromatic rings. The molecule has 2 N–H and O–H groups in total. The first kappa shape index (κ1) is 15.6. The molecule has 7 heteroatoms. The summed E-state index contributed by atoms with van der Waals surface area (Å²) in [7, 11) is 0. The Morgan fingerprint density at radius 2 is 2.10 bits per heavy atom. The lowest BCUT2D eigenvalue weighted by Crippen LogP contribution is -2.36. The fourth-order valence-corrected chi connectivity index (χ4v) is 1.87. The number of aliphatic carboxylic acids is 1. The molecule has 1 rings (SSSR count). The number of carboxylic acids is 1. The van der Waals surface area contributed by atoms with Crippen LogP contribution in [0.3, 0.4) is 0 Å². The minimum atomic E-state index is -1.03. The zero-order valence-electron chi connectivity index (χ0n) is 11.3. The van der Waals surface area contributed by atoms with Crippen molar-refractivity contribution in [2.45, 2.75) is 32.7 Å². The predicted molar refractivity (Wildman–Crippen MR) is 71.6 cm³/mol. The second-order valence-electron chi connectivity index (χ2n) is 4.40. The first-order valence-electron chi connectivity index (χ1n) is 6.13. The first-order chi connectivity index (χ1) is 9.36. The minimum Gasteiger partial charge on any atom is -0.481 e. The van der Waals surface area contributed by atoms with Crippen molar-refractivity contribution >= 4 is 17.6 Å². The highest BCUT2D eigenvalue weighted by molar-refractivity contribution is 5.99. The van der Waals surface area contributed by atoms with Crippen LogP contribution in [0.4, 0.5) is 5.69 Å². The Kier molecular flexibility index (Phi) is 5.19. The Morgan fingerprint density at radius 1 is 1.45 bits per heavy atom. The predicted octanol–water partition coefficient (Wildman–Crippen LogP) is 1.89. The molecule has 1 unspecified atom stereocenters. The van der Waals surface area contributed by atoms with Crippen LogP contribution in [0.15, 0.2) is 18.2 Å². The highest BCUT2D eigenvalue weighted by Gasteiger charge is 2.24. The van der Waals surface area contributed by atoms with Gasteiger partial charge in [-0.15, -0.1) is 0 Å². The van der Waals surface area contributed by atoms with E-state index in [2.05, 4.69) is 5.32 Å². The Labute approximate surface area is 115 Å². The Balaban J connectivity index is 3.03. The number of benzene rings is 1. The van der Waals surface area contributed by atoms with Crippen molar-refractivity contribution < 1.29 is 19.6 Å². The zero-order valence-corrected chi connectivity index (χ0v) is 11.3. The third-order valence-electron chi connectivity index (χ3n) is 2.92. The Morgan fingerprint density at radius 3 is 2.60 bits per heavy atom. The van der Waals surface area contributed by atoms with Crippen LogP contribution in [0.25, 0.3) is 0 Å². The quantitative estimate of drug-likeness (QED) is 0.610. The minimum absolute atomic E-state index is 0.0265. The number of nitrogens with one attached hydrogen (secondary N) is 1. The lowest BCUT2D eigenvalue weighted by atomic mass is 10.0. The molecule has 0 aromatic heterocycles. The molecule has 7 nitrogen and oxygen atoms in total. The number of hydrogen-bond donors (Lipinski definition) is 2. The Hall–Kier alpha value is -2.44. The topological polar surface area (TPSA) is 110 Å². The maximum atomic E-state index is 12.1. The smallest absolute Gasteiger partial charge is 0.305 e. The molecule has 0 aliphatic carbocycles. The molecule has 108 valence electrons. The molecule has 1 aromatic carbocycles. The van der Waals surface area contributed by atoms with Gasteiger partial charge >= 0.3 is 5.97 Å². The normalized spacial score (nSPS) is 11.7. The van der Waals surface area contributed by atoms with Crippen LogP contribution in [-0.2, 0) is 4.79 Å². The van der Waals surface area contributed by atoms with Gasteiger partial charge in [-0.05, 0) is 18.9 Å². The van der Waals surface area contributed by atoms with Gasteiger partial charge in [0.15, 0.2) is 0 Å². The zero-order chi connectivity index (χ0) is 15.3. The van der Waals surface area contributed by atoms with Crippen molar-refractivity contribution in [3.05, 3.63) is 39.4 Å². The van der Waals surface area contributed by atoms with Gasteiger partial charge in [-0.25, -0.2) is 0 Å². The number of carbonyl (C=O) groups excluding carboxylic acids is 1. The summed E-state index contributed by atoms with van der Waals surface area (Å²) in [6, 6.07) is 3.79. The molecule has 0 aliphatic heterocycles. The summed E-state index contributed by atoms with van der Waals surface area (Å²) in [4.78, 5) is 33.1. The van der Waals surface area contributed by atoms with E-state index in [0.29, 0.717) is 12.0 Å². The molecule has 0 fully saturated rings. The Bertz CT molecular complexity index is 542. The highest BCUT2D eigenvalue weighted by atomic mass is 16.6. The van der Waals surface area contributed by atoms with Gasteiger partial charge in [0.1, 0.15) is 5.56 Å². The lowest BCUT2D eigenvalue weighted by molar-refractivity contribution is -0.385. The van der Waals surface area contributed by atoms with Crippen LogP contribution in [0, 0.1) is 17.0 Å². The van der Waals surface area contributed by atoms with E-state index in [9.17, 15) is 19.7 Å². The number of rotatable bonds is 6.